The summed E-state index contributed by atoms with van der Waals surface area (Å²) in [5, 5.41) is 0.199. The number of nitrogens with two attached hydrogens (primary N) is 2. The second-order valence-electron chi connectivity index (χ2n) is 4.62. The first kappa shape index (κ1) is 17.0. The molecule has 0 radical (unpaired) electrons. The molecule has 0 fully saturated rings. The lowest BCUT2D eigenvalue weighted by molar-refractivity contribution is -0.137. The van der Waals surface area contributed by atoms with Gasteiger partial charge in [-0.25, -0.2) is 4.99 Å². The zero-order chi connectivity index (χ0) is 17.2. The average molecular weight is 344 g/mol. The molecule has 0 aliphatic heterocycles. The molecule has 0 saturated heterocycles. The van der Waals surface area contributed by atoms with Gasteiger partial charge in [-0.2, -0.15) is 13.2 Å². The van der Waals surface area contributed by atoms with Gasteiger partial charge in [-0.05, 0) is 29.8 Å². The quantitative estimate of drug-likeness (QED) is 0.655. The molecule has 0 aliphatic carbocycles. The number of alkyl halides is 3. The van der Waals surface area contributed by atoms with Crippen LogP contribution in [-0.4, -0.2) is 13.1 Å². The number of hydrogen-bond acceptors (Lipinski definition) is 2. The van der Waals surface area contributed by atoms with Crippen molar-refractivity contribution in [3.05, 3.63) is 47.0 Å². The summed E-state index contributed by atoms with van der Waals surface area (Å²) in [6.45, 7) is 0. The van der Waals surface area contributed by atoms with E-state index in [9.17, 15) is 13.2 Å². The van der Waals surface area contributed by atoms with E-state index in [0.29, 0.717) is 11.1 Å². The fourth-order valence-corrected chi connectivity index (χ4v) is 2.28. The summed E-state index contributed by atoms with van der Waals surface area (Å²) in [6.07, 6.45) is -4.44. The highest BCUT2D eigenvalue weighted by molar-refractivity contribution is 6.33. The average Bonchev–Trinajstić information content (AvgIpc) is 2.46. The van der Waals surface area contributed by atoms with Crippen LogP contribution in [0, 0.1) is 0 Å². The molecule has 0 spiro atoms. The third kappa shape index (κ3) is 3.87. The molecular weight excluding hydrogens is 331 g/mol. The first-order chi connectivity index (χ1) is 10.7. The summed E-state index contributed by atoms with van der Waals surface area (Å²) in [6, 6.07) is 7.75. The van der Waals surface area contributed by atoms with Crippen LogP contribution < -0.4 is 16.2 Å². The number of rotatable bonds is 3. The van der Waals surface area contributed by atoms with Crippen molar-refractivity contribution in [1.82, 2.24) is 0 Å². The van der Waals surface area contributed by atoms with Gasteiger partial charge in [-0.3, -0.25) is 0 Å². The monoisotopic (exact) mass is 343 g/mol. The van der Waals surface area contributed by atoms with E-state index in [1.54, 1.807) is 0 Å². The Morgan fingerprint density at radius 3 is 2.43 bits per heavy atom. The van der Waals surface area contributed by atoms with E-state index in [2.05, 4.69) is 4.99 Å². The van der Waals surface area contributed by atoms with Crippen molar-refractivity contribution in [3.63, 3.8) is 0 Å². The van der Waals surface area contributed by atoms with Crippen molar-refractivity contribution in [2.24, 2.45) is 16.5 Å². The first-order valence-electron chi connectivity index (χ1n) is 6.37. The second kappa shape index (κ2) is 6.37. The summed E-state index contributed by atoms with van der Waals surface area (Å²) >= 11 is 6.16. The third-order valence-corrected chi connectivity index (χ3v) is 3.33. The van der Waals surface area contributed by atoms with Crippen LogP contribution in [0.15, 0.2) is 41.4 Å². The molecule has 4 N–H and O–H groups in total. The van der Waals surface area contributed by atoms with Gasteiger partial charge in [-0.1, -0.05) is 23.7 Å². The maximum absolute atomic E-state index is 12.8. The minimum absolute atomic E-state index is 0.189. The van der Waals surface area contributed by atoms with Crippen molar-refractivity contribution in [3.8, 4) is 16.9 Å². The van der Waals surface area contributed by atoms with Crippen LogP contribution in [-0.2, 0) is 6.18 Å². The predicted octanol–water partition coefficient (Wildman–Crippen LogP) is 3.94. The lowest BCUT2D eigenvalue weighted by Crippen LogP contribution is -2.21. The van der Waals surface area contributed by atoms with E-state index in [0.717, 1.165) is 12.1 Å². The molecule has 2 rings (SSSR count). The van der Waals surface area contributed by atoms with Crippen LogP contribution in [0.1, 0.15) is 5.56 Å². The van der Waals surface area contributed by atoms with Gasteiger partial charge in [0.25, 0.3) is 0 Å². The molecule has 0 bridgehead atoms. The number of benzene rings is 2. The lowest BCUT2D eigenvalue weighted by atomic mass is 10.0. The zero-order valence-corrected chi connectivity index (χ0v) is 12.7. The van der Waals surface area contributed by atoms with E-state index in [-0.39, 0.29) is 22.4 Å². The number of ether oxygens (including phenoxy) is 1. The summed E-state index contributed by atoms with van der Waals surface area (Å²) < 4.78 is 43.7. The van der Waals surface area contributed by atoms with Crippen LogP contribution in [0.25, 0.3) is 11.1 Å². The molecule has 122 valence electrons. The standard InChI is InChI=1S/C15H13ClF3N3O/c1-23-13-6-10(11(16)7-12(13)22-14(20)21)8-3-2-4-9(5-8)15(17,18)19/h2-7H,1H3,(H4,20,21,22). The zero-order valence-electron chi connectivity index (χ0n) is 12.0. The van der Waals surface area contributed by atoms with Gasteiger partial charge in [0.1, 0.15) is 11.4 Å². The SMILES string of the molecule is COc1cc(-c2cccc(C(F)(F)F)c2)c(Cl)cc1N=C(N)N. The van der Waals surface area contributed by atoms with Gasteiger partial charge in [0, 0.05) is 5.56 Å². The van der Waals surface area contributed by atoms with Crippen LogP contribution in [0.3, 0.4) is 0 Å². The van der Waals surface area contributed by atoms with E-state index in [4.69, 9.17) is 27.8 Å². The largest absolute Gasteiger partial charge is 0.494 e. The van der Waals surface area contributed by atoms with Gasteiger partial charge in [-0.15, -0.1) is 0 Å². The molecule has 23 heavy (non-hydrogen) atoms. The smallest absolute Gasteiger partial charge is 0.416 e. The predicted molar refractivity (Wildman–Crippen MR) is 83.9 cm³/mol. The van der Waals surface area contributed by atoms with E-state index >= 15 is 0 Å². The molecule has 2 aromatic rings. The maximum atomic E-state index is 12.8. The molecule has 0 amide bonds. The van der Waals surface area contributed by atoms with Crippen LogP contribution in [0.5, 0.6) is 5.75 Å². The van der Waals surface area contributed by atoms with Crippen molar-refractivity contribution in [2.75, 3.05) is 7.11 Å². The summed E-state index contributed by atoms with van der Waals surface area (Å²) in [5.41, 5.74) is 10.8. The van der Waals surface area contributed by atoms with Gasteiger partial charge in [0.05, 0.1) is 17.7 Å². The Morgan fingerprint density at radius 2 is 1.87 bits per heavy atom. The van der Waals surface area contributed by atoms with Crippen LogP contribution in [0.4, 0.5) is 18.9 Å². The molecule has 4 nitrogen and oxygen atoms in total. The fourth-order valence-electron chi connectivity index (χ4n) is 2.02. The number of guanidine groups is 1. The molecule has 0 heterocycles. The van der Waals surface area contributed by atoms with Crippen molar-refractivity contribution in [2.45, 2.75) is 6.18 Å². The fraction of sp³-hybridized carbons (Fsp3) is 0.133. The molecule has 2 aromatic carbocycles. The topological polar surface area (TPSA) is 73.6 Å². The van der Waals surface area contributed by atoms with Crippen molar-refractivity contribution >= 4 is 23.2 Å². The first-order valence-corrected chi connectivity index (χ1v) is 6.75. The Labute approximate surface area is 135 Å². The Hall–Kier alpha value is -2.41. The highest BCUT2D eigenvalue weighted by Crippen LogP contribution is 2.40. The maximum Gasteiger partial charge on any atom is 0.416 e. The molecular formula is C15H13ClF3N3O. The second-order valence-corrected chi connectivity index (χ2v) is 5.03. The lowest BCUT2D eigenvalue weighted by Gasteiger charge is -2.12. The molecule has 8 heteroatoms. The van der Waals surface area contributed by atoms with E-state index < -0.39 is 11.7 Å². The molecule has 0 aromatic heterocycles. The van der Waals surface area contributed by atoms with Crippen molar-refractivity contribution in [1.29, 1.82) is 0 Å². The minimum atomic E-state index is -4.44. The number of nitrogens with zero attached hydrogens (tertiary/aromatic N) is 1. The van der Waals surface area contributed by atoms with E-state index in [1.165, 1.54) is 31.4 Å². The normalized spacial score (nSPS) is 11.2. The van der Waals surface area contributed by atoms with Crippen LogP contribution >= 0.6 is 11.6 Å². The minimum Gasteiger partial charge on any atom is -0.494 e. The van der Waals surface area contributed by atoms with Gasteiger partial charge >= 0.3 is 6.18 Å². The molecule has 0 atom stereocenters. The Bertz CT molecular complexity index is 756. The van der Waals surface area contributed by atoms with Crippen LogP contribution in [0.2, 0.25) is 5.02 Å². The number of aliphatic imine (C=N–C) groups is 1. The van der Waals surface area contributed by atoms with E-state index in [1.807, 2.05) is 0 Å². The van der Waals surface area contributed by atoms with Gasteiger partial charge in [0.15, 0.2) is 5.96 Å². The molecule has 0 aliphatic rings. The Balaban J connectivity index is 2.59. The highest BCUT2D eigenvalue weighted by atomic mass is 35.5. The summed E-state index contributed by atoms with van der Waals surface area (Å²) in [5.74, 6) is 0.0985. The highest BCUT2D eigenvalue weighted by Gasteiger charge is 2.30. The number of hydrogen-bond donors (Lipinski definition) is 2. The number of halogens is 4. The number of methoxy groups -OCH3 is 1. The third-order valence-electron chi connectivity index (χ3n) is 3.02. The Kier molecular flexibility index (Phi) is 4.70. The molecule has 0 saturated carbocycles. The summed E-state index contributed by atoms with van der Waals surface area (Å²) in [7, 11) is 1.39. The van der Waals surface area contributed by atoms with Crippen molar-refractivity contribution < 1.29 is 17.9 Å². The summed E-state index contributed by atoms with van der Waals surface area (Å²) in [4.78, 5) is 3.87. The Morgan fingerprint density at radius 1 is 1.17 bits per heavy atom. The van der Waals surface area contributed by atoms with Gasteiger partial charge in [0.2, 0.25) is 0 Å². The van der Waals surface area contributed by atoms with Gasteiger partial charge < -0.3 is 16.2 Å². The molecule has 0 unspecified atom stereocenters.